The van der Waals surface area contributed by atoms with Crippen LogP contribution in [0.4, 0.5) is 0 Å². The van der Waals surface area contributed by atoms with Gasteiger partial charge in [-0.05, 0) is 38.1 Å². The molecule has 2 N–H and O–H groups in total. The third-order valence-electron chi connectivity index (χ3n) is 4.20. The third-order valence-corrected chi connectivity index (χ3v) is 4.20. The molecule has 0 bridgehead atoms. The summed E-state index contributed by atoms with van der Waals surface area (Å²) >= 11 is 0. The first-order chi connectivity index (χ1) is 8.72. The predicted molar refractivity (Wildman–Crippen MR) is 74.7 cm³/mol. The molecule has 0 amide bonds. The summed E-state index contributed by atoms with van der Waals surface area (Å²) in [6.45, 7) is 6.75. The van der Waals surface area contributed by atoms with Gasteiger partial charge in [0.1, 0.15) is 0 Å². The number of methoxy groups -OCH3 is 2. The van der Waals surface area contributed by atoms with E-state index in [0.29, 0.717) is 12.0 Å². The Hall–Kier alpha value is -0.160. The smallest absolute Gasteiger partial charge is 0.0615 e. The van der Waals surface area contributed by atoms with E-state index in [1.807, 2.05) is 0 Å². The van der Waals surface area contributed by atoms with Crippen LogP contribution >= 0.6 is 0 Å². The summed E-state index contributed by atoms with van der Waals surface area (Å²) in [7, 11) is 3.53. The van der Waals surface area contributed by atoms with Gasteiger partial charge >= 0.3 is 0 Å². The van der Waals surface area contributed by atoms with Crippen LogP contribution in [0, 0.1) is 11.8 Å². The van der Waals surface area contributed by atoms with E-state index in [9.17, 15) is 0 Å². The average Bonchev–Trinajstić information content (AvgIpc) is 2.81. The van der Waals surface area contributed by atoms with E-state index in [2.05, 4.69) is 11.8 Å². The van der Waals surface area contributed by atoms with Crippen molar-refractivity contribution in [2.45, 2.75) is 32.2 Å². The van der Waals surface area contributed by atoms with Gasteiger partial charge in [0.05, 0.1) is 13.2 Å². The molecule has 0 aliphatic heterocycles. The Labute approximate surface area is 112 Å². The lowest BCUT2D eigenvalue weighted by molar-refractivity contribution is 0.0608. The first kappa shape index (κ1) is 15.9. The second kappa shape index (κ2) is 8.86. The van der Waals surface area contributed by atoms with Crippen molar-refractivity contribution >= 4 is 0 Å². The first-order valence-electron chi connectivity index (χ1n) is 7.14. The molecule has 3 atom stereocenters. The zero-order chi connectivity index (χ0) is 13.4. The van der Waals surface area contributed by atoms with E-state index >= 15 is 0 Å². The van der Waals surface area contributed by atoms with Gasteiger partial charge in [-0.15, -0.1) is 0 Å². The summed E-state index contributed by atoms with van der Waals surface area (Å²) in [5.74, 6) is 1.47. The second-order valence-corrected chi connectivity index (χ2v) is 5.48. The molecule has 1 fully saturated rings. The average molecular weight is 258 g/mol. The van der Waals surface area contributed by atoms with E-state index in [0.717, 1.165) is 38.8 Å². The Morgan fingerprint density at radius 1 is 1.22 bits per heavy atom. The Morgan fingerprint density at radius 2 is 1.94 bits per heavy atom. The van der Waals surface area contributed by atoms with Crippen LogP contribution in [0.2, 0.25) is 0 Å². The lowest BCUT2D eigenvalue weighted by atomic mass is 9.95. The summed E-state index contributed by atoms with van der Waals surface area (Å²) in [5.41, 5.74) is 5.87. The highest BCUT2D eigenvalue weighted by atomic mass is 16.5. The molecule has 0 aromatic rings. The second-order valence-electron chi connectivity index (χ2n) is 5.48. The van der Waals surface area contributed by atoms with Crippen LogP contribution in [0.1, 0.15) is 26.2 Å². The molecule has 0 spiro atoms. The van der Waals surface area contributed by atoms with E-state index in [4.69, 9.17) is 15.2 Å². The van der Waals surface area contributed by atoms with Crippen LogP contribution in [0.3, 0.4) is 0 Å². The van der Waals surface area contributed by atoms with Crippen molar-refractivity contribution in [3.8, 4) is 0 Å². The summed E-state index contributed by atoms with van der Waals surface area (Å²) in [6.07, 6.45) is 3.96. The van der Waals surface area contributed by atoms with Crippen molar-refractivity contribution in [1.29, 1.82) is 0 Å². The Balaban J connectivity index is 2.48. The van der Waals surface area contributed by atoms with E-state index in [-0.39, 0.29) is 0 Å². The highest BCUT2D eigenvalue weighted by molar-refractivity contribution is 4.82. The summed E-state index contributed by atoms with van der Waals surface area (Å²) < 4.78 is 10.5. The van der Waals surface area contributed by atoms with Gasteiger partial charge in [-0.2, -0.15) is 0 Å². The molecule has 0 saturated heterocycles. The van der Waals surface area contributed by atoms with Crippen molar-refractivity contribution in [2.75, 3.05) is 47.1 Å². The molecule has 0 radical (unpaired) electrons. The third kappa shape index (κ3) is 4.84. The van der Waals surface area contributed by atoms with Crippen molar-refractivity contribution in [3.05, 3.63) is 0 Å². The zero-order valence-electron chi connectivity index (χ0n) is 12.2. The van der Waals surface area contributed by atoms with Gasteiger partial charge in [-0.25, -0.2) is 0 Å². The Morgan fingerprint density at radius 3 is 2.56 bits per heavy atom. The highest BCUT2D eigenvalue weighted by Crippen LogP contribution is 2.31. The number of nitrogens with two attached hydrogens (primary N) is 1. The van der Waals surface area contributed by atoms with E-state index < -0.39 is 0 Å². The highest BCUT2D eigenvalue weighted by Gasteiger charge is 2.28. The maximum absolute atomic E-state index is 5.87. The van der Waals surface area contributed by atoms with Gasteiger partial charge in [-0.3, -0.25) is 4.90 Å². The Kier molecular flexibility index (Phi) is 7.82. The largest absolute Gasteiger partial charge is 0.383 e. The van der Waals surface area contributed by atoms with Crippen molar-refractivity contribution < 1.29 is 9.47 Å². The molecule has 18 heavy (non-hydrogen) atoms. The minimum atomic E-state index is 0.448. The van der Waals surface area contributed by atoms with Gasteiger partial charge < -0.3 is 15.2 Å². The number of ether oxygens (including phenoxy) is 2. The van der Waals surface area contributed by atoms with Gasteiger partial charge in [0, 0.05) is 33.4 Å². The Bertz CT molecular complexity index is 214. The molecule has 108 valence electrons. The SMILES string of the molecule is COCCN(CC1CCCC1CN)C(C)COC. The maximum Gasteiger partial charge on any atom is 0.0615 e. The quantitative estimate of drug-likeness (QED) is 0.678. The van der Waals surface area contributed by atoms with Gasteiger partial charge in [0.2, 0.25) is 0 Å². The predicted octanol–water partition coefficient (Wildman–Crippen LogP) is 1.34. The zero-order valence-corrected chi connectivity index (χ0v) is 12.2. The lowest BCUT2D eigenvalue weighted by Gasteiger charge is -2.32. The first-order valence-corrected chi connectivity index (χ1v) is 7.14. The fourth-order valence-corrected chi connectivity index (χ4v) is 3.01. The minimum Gasteiger partial charge on any atom is -0.383 e. The van der Waals surface area contributed by atoms with Gasteiger partial charge in [-0.1, -0.05) is 6.42 Å². The summed E-state index contributed by atoms with van der Waals surface area (Å²) in [5, 5.41) is 0. The van der Waals surface area contributed by atoms with Gasteiger partial charge in [0.15, 0.2) is 0 Å². The van der Waals surface area contributed by atoms with Crippen LogP contribution in [0.15, 0.2) is 0 Å². The van der Waals surface area contributed by atoms with Crippen LogP contribution in [0.25, 0.3) is 0 Å². The number of hydrogen-bond donors (Lipinski definition) is 1. The maximum atomic E-state index is 5.87. The number of nitrogens with zero attached hydrogens (tertiary/aromatic N) is 1. The minimum absolute atomic E-state index is 0.448. The summed E-state index contributed by atoms with van der Waals surface area (Å²) in [6, 6.07) is 0.448. The van der Waals surface area contributed by atoms with Crippen LogP contribution < -0.4 is 5.73 Å². The van der Waals surface area contributed by atoms with Crippen LogP contribution in [0.5, 0.6) is 0 Å². The molecule has 4 heteroatoms. The van der Waals surface area contributed by atoms with Crippen molar-refractivity contribution in [2.24, 2.45) is 17.6 Å². The standard InChI is InChI=1S/C14H30N2O2/c1-12(11-18-3)16(7-8-17-2)10-14-6-4-5-13(14)9-15/h12-14H,4-11,15H2,1-3H3. The molecule has 1 aliphatic rings. The molecule has 1 saturated carbocycles. The fraction of sp³-hybridized carbons (Fsp3) is 1.00. The summed E-state index contributed by atoms with van der Waals surface area (Å²) in [4.78, 5) is 2.49. The lowest BCUT2D eigenvalue weighted by Crippen LogP contribution is -2.42. The molecule has 0 aromatic carbocycles. The monoisotopic (exact) mass is 258 g/mol. The van der Waals surface area contributed by atoms with E-state index in [1.54, 1.807) is 14.2 Å². The molecule has 4 nitrogen and oxygen atoms in total. The van der Waals surface area contributed by atoms with E-state index in [1.165, 1.54) is 19.3 Å². The van der Waals surface area contributed by atoms with Crippen LogP contribution in [-0.4, -0.2) is 58.0 Å². The van der Waals surface area contributed by atoms with Crippen molar-refractivity contribution in [3.63, 3.8) is 0 Å². The number of hydrogen-bond acceptors (Lipinski definition) is 4. The molecular weight excluding hydrogens is 228 g/mol. The molecule has 0 heterocycles. The molecule has 0 aromatic heterocycles. The fourth-order valence-electron chi connectivity index (χ4n) is 3.01. The normalized spacial score (nSPS) is 25.8. The van der Waals surface area contributed by atoms with Gasteiger partial charge in [0.25, 0.3) is 0 Å². The molecule has 3 unspecified atom stereocenters. The number of rotatable bonds is 9. The molecular formula is C14H30N2O2. The topological polar surface area (TPSA) is 47.7 Å². The van der Waals surface area contributed by atoms with Crippen molar-refractivity contribution in [1.82, 2.24) is 4.90 Å². The molecule has 1 rings (SSSR count). The molecule has 1 aliphatic carbocycles. The van der Waals surface area contributed by atoms with Crippen LogP contribution in [-0.2, 0) is 9.47 Å².